The fourth-order valence-electron chi connectivity index (χ4n) is 1.76. The molecule has 0 spiro atoms. The van der Waals surface area contributed by atoms with Gasteiger partial charge in [-0.3, -0.25) is 0 Å². The van der Waals surface area contributed by atoms with Crippen molar-refractivity contribution in [2.24, 2.45) is 0 Å². The molecule has 90 valence electrons. The molecule has 0 aliphatic carbocycles. The molecule has 2 aromatic rings. The van der Waals surface area contributed by atoms with Gasteiger partial charge in [0.1, 0.15) is 0 Å². The SMILES string of the molecule is CCCC(Nc1ccnc(F)c1)c1cccs1. The Bertz CT molecular complexity index is 456. The van der Waals surface area contributed by atoms with E-state index in [1.54, 1.807) is 17.4 Å². The van der Waals surface area contributed by atoms with Gasteiger partial charge in [-0.1, -0.05) is 19.4 Å². The Labute approximate surface area is 105 Å². The summed E-state index contributed by atoms with van der Waals surface area (Å²) in [7, 11) is 0. The molecule has 17 heavy (non-hydrogen) atoms. The van der Waals surface area contributed by atoms with E-state index in [0.717, 1.165) is 18.5 Å². The number of hydrogen-bond acceptors (Lipinski definition) is 3. The zero-order chi connectivity index (χ0) is 12.1. The lowest BCUT2D eigenvalue weighted by atomic mass is 10.1. The summed E-state index contributed by atoms with van der Waals surface area (Å²) in [4.78, 5) is 4.83. The first kappa shape index (κ1) is 12.0. The van der Waals surface area contributed by atoms with E-state index >= 15 is 0 Å². The van der Waals surface area contributed by atoms with Gasteiger partial charge in [0.25, 0.3) is 0 Å². The summed E-state index contributed by atoms with van der Waals surface area (Å²) >= 11 is 1.72. The van der Waals surface area contributed by atoms with Gasteiger partial charge in [0.15, 0.2) is 0 Å². The Morgan fingerprint density at radius 3 is 3.00 bits per heavy atom. The maximum absolute atomic E-state index is 13.0. The van der Waals surface area contributed by atoms with Crippen LogP contribution in [0, 0.1) is 5.95 Å². The molecule has 1 unspecified atom stereocenters. The summed E-state index contributed by atoms with van der Waals surface area (Å²) in [5.74, 6) is -0.448. The van der Waals surface area contributed by atoms with E-state index in [-0.39, 0.29) is 6.04 Å². The highest BCUT2D eigenvalue weighted by molar-refractivity contribution is 7.10. The van der Waals surface area contributed by atoms with Crippen molar-refractivity contribution in [2.45, 2.75) is 25.8 Å². The summed E-state index contributed by atoms with van der Waals surface area (Å²) in [5, 5.41) is 5.42. The van der Waals surface area contributed by atoms with Crippen molar-refractivity contribution in [3.05, 3.63) is 46.7 Å². The second kappa shape index (κ2) is 5.77. The van der Waals surface area contributed by atoms with Gasteiger partial charge in [0.05, 0.1) is 6.04 Å². The van der Waals surface area contributed by atoms with Gasteiger partial charge in [-0.15, -0.1) is 11.3 Å². The zero-order valence-electron chi connectivity index (χ0n) is 9.69. The molecule has 1 atom stereocenters. The van der Waals surface area contributed by atoms with Crippen LogP contribution >= 0.6 is 11.3 Å². The van der Waals surface area contributed by atoms with Crippen molar-refractivity contribution in [1.82, 2.24) is 4.98 Å². The highest BCUT2D eigenvalue weighted by Crippen LogP contribution is 2.27. The normalized spacial score (nSPS) is 12.4. The molecule has 1 N–H and O–H groups in total. The van der Waals surface area contributed by atoms with Crippen molar-refractivity contribution in [2.75, 3.05) is 5.32 Å². The minimum Gasteiger partial charge on any atom is -0.377 e. The molecular formula is C13H15FN2S. The van der Waals surface area contributed by atoms with E-state index in [1.807, 2.05) is 6.07 Å². The number of hydrogen-bond donors (Lipinski definition) is 1. The highest BCUT2D eigenvalue weighted by atomic mass is 32.1. The lowest BCUT2D eigenvalue weighted by molar-refractivity contribution is 0.583. The first-order valence-electron chi connectivity index (χ1n) is 5.71. The fraction of sp³-hybridized carbons (Fsp3) is 0.308. The van der Waals surface area contributed by atoms with Crippen LogP contribution in [0.15, 0.2) is 35.8 Å². The van der Waals surface area contributed by atoms with Crippen molar-refractivity contribution >= 4 is 17.0 Å². The van der Waals surface area contributed by atoms with Crippen LogP contribution in [0.1, 0.15) is 30.7 Å². The lowest BCUT2D eigenvalue weighted by Crippen LogP contribution is -2.09. The van der Waals surface area contributed by atoms with Crippen LogP contribution in [-0.4, -0.2) is 4.98 Å². The van der Waals surface area contributed by atoms with Gasteiger partial charge >= 0.3 is 0 Å². The molecule has 0 fully saturated rings. The largest absolute Gasteiger partial charge is 0.377 e. The molecule has 0 aliphatic heterocycles. The molecular weight excluding hydrogens is 235 g/mol. The molecule has 4 heteroatoms. The van der Waals surface area contributed by atoms with Gasteiger partial charge in [-0.05, 0) is 23.9 Å². The number of thiophene rings is 1. The number of pyridine rings is 1. The summed E-state index contributed by atoms with van der Waals surface area (Å²) in [6.45, 7) is 2.15. The molecule has 0 aromatic carbocycles. The second-order valence-electron chi connectivity index (χ2n) is 3.87. The lowest BCUT2D eigenvalue weighted by Gasteiger charge is -2.17. The third-order valence-corrected chi connectivity index (χ3v) is 3.52. The average molecular weight is 250 g/mol. The molecule has 0 aliphatic rings. The van der Waals surface area contributed by atoms with Crippen molar-refractivity contribution in [1.29, 1.82) is 0 Å². The highest BCUT2D eigenvalue weighted by Gasteiger charge is 2.11. The van der Waals surface area contributed by atoms with Crippen molar-refractivity contribution in [3.8, 4) is 0 Å². The van der Waals surface area contributed by atoms with Crippen LogP contribution in [0.5, 0.6) is 0 Å². The predicted molar refractivity (Wildman–Crippen MR) is 69.8 cm³/mol. The van der Waals surface area contributed by atoms with Crippen LogP contribution in [-0.2, 0) is 0 Å². The molecule has 2 rings (SSSR count). The van der Waals surface area contributed by atoms with E-state index in [0.29, 0.717) is 0 Å². The molecule has 0 amide bonds. The standard InChI is InChI=1S/C13H15FN2S/c1-2-4-11(12-5-3-8-17-12)16-10-6-7-15-13(14)9-10/h3,5-9,11H,2,4H2,1H3,(H,15,16). The summed E-state index contributed by atoms with van der Waals surface area (Å²) in [6.07, 6.45) is 3.60. The third kappa shape index (κ3) is 3.27. The van der Waals surface area contributed by atoms with E-state index in [2.05, 4.69) is 28.7 Å². The zero-order valence-corrected chi connectivity index (χ0v) is 10.5. The summed E-state index contributed by atoms with van der Waals surface area (Å²) in [5.41, 5.74) is 0.782. The molecule has 0 radical (unpaired) electrons. The Morgan fingerprint density at radius 1 is 1.47 bits per heavy atom. The van der Waals surface area contributed by atoms with Gasteiger partial charge < -0.3 is 5.32 Å². The van der Waals surface area contributed by atoms with Crippen LogP contribution in [0.25, 0.3) is 0 Å². The van der Waals surface area contributed by atoms with Crippen LogP contribution in [0.4, 0.5) is 10.1 Å². The van der Waals surface area contributed by atoms with Gasteiger partial charge in [0, 0.05) is 22.8 Å². The number of nitrogens with zero attached hydrogens (tertiary/aromatic N) is 1. The van der Waals surface area contributed by atoms with E-state index in [1.165, 1.54) is 17.1 Å². The topological polar surface area (TPSA) is 24.9 Å². The monoisotopic (exact) mass is 250 g/mol. The predicted octanol–water partition coefficient (Wildman–Crippen LogP) is 4.24. The molecule has 2 aromatic heterocycles. The third-order valence-electron chi connectivity index (χ3n) is 2.53. The van der Waals surface area contributed by atoms with Gasteiger partial charge in [-0.25, -0.2) is 4.98 Å². The quantitative estimate of drug-likeness (QED) is 0.803. The maximum atomic E-state index is 13.0. The Balaban J connectivity index is 2.13. The van der Waals surface area contributed by atoms with E-state index in [4.69, 9.17) is 0 Å². The Kier molecular flexibility index (Phi) is 4.09. The Hall–Kier alpha value is -1.42. The molecule has 2 heterocycles. The minimum absolute atomic E-state index is 0.252. The number of rotatable bonds is 5. The van der Waals surface area contributed by atoms with Gasteiger partial charge in [-0.2, -0.15) is 4.39 Å². The first-order chi connectivity index (χ1) is 8.29. The number of halogens is 1. The number of anilines is 1. The molecule has 2 nitrogen and oxygen atoms in total. The molecule has 0 saturated carbocycles. The number of nitrogens with one attached hydrogen (secondary N) is 1. The van der Waals surface area contributed by atoms with Crippen LogP contribution in [0.3, 0.4) is 0 Å². The molecule has 0 bridgehead atoms. The van der Waals surface area contributed by atoms with Crippen molar-refractivity contribution in [3.63, 3.8) is 0 Å². The van der Waals surface area contributed by atoms with Crippen molar-refractivity contribution < 1.29 is 4.39 Å². The smallest absolute Gasteiger partial charge is 0.214 e. The van der Waals surface area contributed by atoms with Crippen LogP contribution in [0.2, 0.25) is 0 Å². The Morgan fingerprint density at radius 2 is 2.35 bits per heavy atom. The average Bonchev–Trinajstić information content (AvgIpc) is 2.82. The van der Waals surface area contributed by atoms with E-state index < -0.39 is 5.95 Å². The maximum Gasteiger partial charge on any atom is 0.214 e. The first-order valence-corrected chi connectivity index (χ1v) is 6.59. The molecule has 0 saturated heterocycles. The van der Waals surface area contributed by atoms with Gasteiger partial charge in [0.2, 0.25) is 5.95 Å². The van der Waals surface area contributed by atoms with Crippen LogP contribution < -0.4 is 5.32 Å². The fourth-order valence-corrected chi connectivity index (χ4v) is 2.57. The minimum atomic E-state index is -0.448. The number of aromatic nitrogens is 1. The summed E-state index contributed by atoms with van der Waals surface area (Å²) in [6, 6.07) is 7.62. The second-order valence-corrected chi connectivity index (χ2v) is 4.85. The summed E-state index contributed by atoms with van der Waals surface area (Å²) < 4.78 is 13.0. The van der Waals surface area contributed by atoms with E-state index in [9.17, 15) is 4.39 Å².